The van der Waals surface area contributed by atoms with Gasteiger partial charge in [-0.15, -0.1) is 0 Å². The van der Waals surface area contributed by atoms with E-state index in [0.717, 1.165) is 12.2 Å². The Balaban J connectivity index is 2.41. The molecule has 0 amide bonds. The number of hydrogen-bond donors (Lipinski definition) is 2. The first-order valence-electron chi connectivity index (χ1n) is 3.96. The lowest BCUT2D eigenvalue weighted by Crippen LogP contribution is -2.17. The van der Waals surface area contributed by atoms with Gasteiger partial charge in [-0.2, -0.15) is 0 Å². The Kier molecular flexibility index (Phi) is 3.47. The molecule has 0 saturated carbocycles. The first-order chi connectivity index (χ1) is 5.83. The average Bonchev–Trinajstić information content (AvgIpc) is 2.06. The Labute approximate surface area is 71.7 Å². The standard InChI is InChI=1S/C8H13N3O/c1-7(2-5-12)11-8-6-9-3-4-10-8/h3-4,6-7,12H,2,5H2,1H3,(H,10,11). The van der Waals surface area contributed by atoms with Gasteiger partial charge in [0.1, 0.15) is 5.82 Å². The van der Waals surface area contributed by atoms with Gasteiger partial charge in [0.05, 0.1) is 6.20 Å². The number of aromatic nitrogens is 2. The summed E-state index contributed by atoms with van der Waals surface area (Å²) in [4.78, 5) is 7.96. The summed E-state index contributed by atoms with van der Waals surface area (Å²) >= 11 is 0. The SMILES string of the molecule is CC(CCO)Nc1cnccn1. The molecule has 12 heavy (non-hydrogen) atoms. The quantitative estimate of drug-likeness (QED) is 0.691. The third-order valence-electron chi connectivity index (χ3n) is 1.52. The molecule has 1 aromatic rings. The second kappa shape index (κ2) is 4.66. The van der Waals surface area contributed by atoms with E-state index in [4.69, 9.17) is 5.11 Å². The summed E-state index contributed by atoms with van der Waals surface area (Å²) in [5.41, 5.74) is 0. The van der Waals surface area contributed by atoms with Crippen molar-refractivity contribution in [3.63, 3.8) is 0 Å². The molecule has 0 spiro atoms. The van der Waals surface area contributed by atoms with E-state index in [1.165, 1.54) is 0 Å². The molecule has 0 aliphatic carbocycles. The van der Waals surface area contributed by atoms with E-state index >= 15 is 0 Å². The lowest BCUT2D eigenvalue weighted by atomic mass is 10.2. The zero-order valence-corrected chi connectivity index (χ0v) is 7.07. The lowest BCUT2D eigenvalue weighted by molar-refractivity contribution is 0.282. The fourth-order valence-corrected chi connectivity index (χ4v) is 0.892. The van der Waals surface area contributed by atoms with Crippen molar-refractivity contribution in [2.45, 2.75) is 19.4 Å². The van der Waals surface area contributed by atoms with E-state index in [1.54, 1.807) is 18.6 Å². The van der Waals surface area contributed by atoms with Crippen molar-refractivity contribution in [2.75, 3.05) is 11.9 Å². The van der Waals surface area contributed by atoms with Crippen LogP contribution in [0.1, 0.15) is 13.3 Å². The van der Waals surface area contributed by atoms with Crippen LogP contribution in [-0.2, 0) is 0 Å². The third-order valence-corrected chi connectivity index (χ3v) is 1.52. The zero-order chi connectivity index (χ0) is 8.81. The van der Waals surface area contributed by atoms with Crippen molar-refractivity contribution in [1.29, 1.82) is 0 Å². The molecule has 4 nitrogen and oxygen atoms in total. The monoisotopic (exact) mass is 167 g/mol. The highest BCUT2D eigenvalue weighted by atomic mass is 16.3. The summed E-state index contributed by atoms with van der Waals surface area (Å²) in [6, 6.07) is 0.228. The molecular weight excluding hydrogens is 154 g/mol. The normalized spacial score (nSPS) is 12.5. The molecule has 0 fully saturated rings. The van der Waals surface area contributed by atoms with Crippen molar-refractivity contribution < 1.29 is 5.11 Å². The largest absolute Gasteiger partial charge is 0.396 e. The number of aliphatic hydroxyl groups excluding tert-OH is 1. The molecule has 1 atom stereocenters. The molecule has 0 aliphatic rings. The van der Waals surface area contributed by atoms with Gasteiger partial charge in [-0.05, 0) is 13.3 Å². The minimum atomic E-state index is 0.189. The molecule has 0 saturated heterocycles. The summed E-state index contributed by atoms with van der Waals surface area (Å²) in [5, 5.41) is 11.7. The van der Waals surface area contributed by atoms with Gasteiger partial charge >= 0.3 is 0 Å². The predicted molar refractivity (Wildman–Crippen MR) is 46.8 cm³/mol. The van der Waals surface area contributed by atoms with Crippen LogP contribution in [0, 0.1) is 0 Å². The number of nitrogens with zero attached hydrogens (tertiary/aromatic N) is 2. The van der Waals surface area contributed by atoms with E-state index in [2.05, 4.69) is 15.3 Å². The molecule has 0 aliphatic heterocycles. The van der Waals surface area contributed by atoms with Gasteiger partial charge in [0.15, 0.2) is 0 Å². The Morgan fingerprint density at radius 3 is 3.00 bits per heavy atom. The molecule has 0 radical (unpaired) electrons. The zero-order valence-electron chi connectivity index (χ0n) is 7.07. The highest BCUT2D eigenvalue weighted by Crippen LogP contribution is 2.02. The Hall–Kier alpha value is -1.16. The molecule has 1 aromatic heterocycles. The number of nitrogens with one attached hydrogen (secondary N) is 1. The molecule has 4 heteroatoms. The van der Waals surface area contributed by atoms with E-state index in [9.17, 15) is 0 Å². The number of rotatable bonds is 4. The van der Waals surface area contributed by atoms with Crippen LogP contribution in [0.5, 0.6) is 0 Å². The van der Waals surface area contributed by atoms with Gasteiger partial charge in [0.2, 0.25) is 0 Å². The van der Waals surface area contributed by atoms with Crippen LogP contribution in [0.25, 0.3) is 0 Å². The predicted octanol–water partition coefficient (Wildman–Crippen LogP) is 0.659. The fourth-order valence-electron chi connectivity index (χ4n) is 0.892. The van der Waals surface area contributed by atoms with Gasteiger partial charge in [-0.3, -0.25) is 4.98 Å². The van der Waals surface area contributed by atoms with E-state index < -0.39 is 0 Å². The second-order valence-corrected chi connectivity index (χ2v) is 2.65. The molecule has 66 valence electrons. The Morgan fingerprint density at radius 1 is 1.58 bits per heavy atom. The molecule has 1 rings (SSSR count). The maximum atomic E-state index is 8.64. The maximum Gasteiger partial charge on any atom is 0.144 e. The minimum Gasteiger partial charge on any atom is -0.396 e. The molecule has 1 unspecified atom stereocenters. The van der Waals surface area contributed by atoms with Gasteiger partial charge in [-0.25, -0.2) is 4.98 Å². The van der Waals surface area contributed by atoms with Crippen molar-refractivity contribution in [3.05, 3.63) is 18.6 Å². The van der Waals surface area contributed by atoms with Crippen molar-refractivity contribution in [1.82, 2.24) is 9.97 Å². The number of aliphatic hydroxyl groups is 1. The first-order valence-corrected chi connectivity index (χ1v) is 3.96. The maximum absolute atomic E-state index is 8.64. The van der Waals surface area contributed by atoms with Crippen LogP contribution in [0.3, 0.4) is 0 Å². The van der Waals surface area contributed by atoms with Crippen molar-refractivity contribution in [3.8, 4) is 0 Å². The summed E-state index contributed by atoms with van der Waals surface area (Å²) in [5.74, 6) is 0.749. The summed E-state index contributed by atoms with van der Waals surface area (Å²) in [6.07, 6.45) is 5.64. The number of hydrogen-bond acceptors (Lipinski definition) is 4. The number of anilines is 1. The average molecular weight is 167 g/mol. The van der Waals surface area contributed by atoms with Crippen LogP contribution in [0.4, 0.5) is 5.82 Å². The molecule has 0 bridgehead atoms. The van der Waals surface area contributed by atoms with Crippen LogP contribution in [0.15, 0.2) is 18.6 Å². The van der Waals surface area contributed by atoms with Gasteiger partial charge < -0.3 is 10.4 Å². The second-order valence-electron chi connectivity index (χ2n) is 2.65. The Morgan fingerprint density at radius 2 is 2.42 bits per heavy atom. The van der Waals surface area contributed by atoms with Gasteiger partial charge in [-0.1, -0.05) is 0 Å². The highest BCUT2D eigenvalue weighted by molar-refractivity contribution is 5.30. The fraction of sp³-hybridized carbons (Fsp3) is 0.500. The molecular formula is C8H13N3O. The van der Waals surface area contributed by atoms with Gasteiger partial charge in [0.25, 0.3) is 0 Å². The summed E-state index contributed by atoms with van der Waals surface area (Å²) in [7, 11) is 0. The topological polar surface area (TPSA) is 58.0 Å². The first kappa shape index (κ1) is 8.93. The van der Waals surface area contributed by atoms with Crippen molar-refractivity contribution in [2.24, 2.45) is 0 Å². The van der Waals surface area contributed by atoms with Crippen LogP contribution in [0.2, 0.25) is 0 Å². The van der Waals surface area contributed by atoms with Gasteiger partial charge in [0, 0.05) is 25.0 Å². The molecule has 1 heterocycles. The van der Waals surface area contributed by atoms with Crippen LogP contribution >= 0.6 is 0 Å². The van der Waals surface area contributed by atoms with E-state index in [0.29, 0.717) is 0 Å². The lowest BCUT2D eigenvalue weighted by Gasteiger charge is -2.11. The van der Waals surface area contributed by atoms with E-state index in [-0.39, 0.29) is 12.6 Å². The minimum absolute atomic E-state index is 0.189. The third kappa shape index (κ3) is 2.84. The van der Waals surface area contributed by atoms with Crippen LogP contribution < -0.4 is 5.32 Å². The Bertz CT molecular complexity index is 215. The summed E-state index contributed by atoms with van der Waals surface area (Å²) in [6.45, 7) is 2.18. The smallest absolute Gasteiger partial charge is 0.144 e. The van der Waals surface area contributed by atoms with Crippen molar-refractivity contribution >= 4 is 5.82 Å². The molecule has 2 N–H and O–H groups in total. The molecule has 0 aromatic carbocycles. The van der Waals surface area contributed by atoms with E-state index in [1.807, 2.05) is 6.92 Å². The summed E-state index contributed by atoms with van der Waals surface area (Å²) < 4.78 is 0. The van der Waals surface area contributed by atoms with Crippen LogP contribution in [-0.4, -0.2) is 27.7 Å². The highest BCUT2D eigenvalue weighted by Gasteiger charge is 2.00.